The molecule has 0 aromatic heterocycles. The van der Waals surface area contributed by atoms with Crippen LogP contribution in [0.5, 0.6) is 5.75 Å². The van der Waals surface area contributed by atoms with Crippen LogP contribution in [0, 0.1) is 0 Å². The number of amides is 1. The summed E-state index contributed by atoms with van der Waals surface area (Å²) in [6, 6.07) is 14.0. The SMILES string of the molecule is COc1ccccc1NC(=O)COC(=O)/C=C/c1cccc(Cl)c1. The molecule has 2 aromatic carbocycles. The average Bonchev–Trinajstić information content (AvgIpc) is 2.58. The Hall–Kier alpha value is -2.79. The number of rotatable bonds is 6. The van der Waals surface area contributed by atoms with Gasteiger partial charge < -0.3 is 14.8 Å². The third kappa shape index (κ3) is 5.44. The molecular formula is C18H16ClNO4. The molecule has 0 unspecified atom stereocenters. The Labute approximate surface area is 144 Å². The topological polar surface area (TPSA) is 64.6 Å². The fourth-order valence-corrected chi connectivity index (χ4v) is 2.09. The number of benzene rings is 2. The van der Waals surface area contributed by atoms with Crippen LogP contribution in [0.1, 0.15) is 5.56 Å². The number of hydrogen-bond donors (Lipinski definition) is 1. The van der Waals surface area contributed by atoms with Crippen LogP contribution in [0.15, 0.2) is 54.6 Å². The first kappa shape index (κ1) is 17.6. The van der Waals surface area contributed by atoms with Crippen LogP contribution in [0.4, 0.5) is 5.69 Å². The third-order valence-corrected chi connectivity index (χ3v) is 3.22. The molecule has 2 rings (SSSR count). The predicted molar refractivity (Wildman–Crippen MR) is 93.1 cm³/mol. The maximum atomic E-state index is 11.8. The van der Waals surface area contributed by atoms with Crippen molar-refractivity contribution in [3.8, 4) is 5.75 Å². The van der Waals surface area contributed by atoms with Gasteiger partial charge >= 0.3 is 5.97 Å². The van der Waals surface area contributed by atoms with Crippen molar-refractivity contribution in [2.45, 2.75) is 0 Å². The summed E-state index contributed by atoms with van der Waals surface area (Å²) in [6.45, 7) is -0.392. The van der Waals surface area contributed by atoms with Crippen molar-refractivity contribution >= 4 is 35.2 Å². The summed E-state index contributed by atoms with van der Waals surface area (Å²) in [5.41, 5.74) is 1.27. The average molecular weight is 346 g/mol. The lowest BCUT2D eigenvalue weighted by atomic mass is 10.2. The zero-order chi connectivity index (χ0) is 17.4. The van der Waals surface area contributed by atoms with Crippen molar-refractivity contribution in [1.82, 2.24) is 0 Å². The summed E-state index contributed by atoms with van der Waals surface area (Å²) < 4.78 is 10.0. The normalized spacial score (nSPS) is 10.4. The minimum Gasteiger partial charge on any atom is -0.495 e. The largest absolute Gasteiger partial charge is 0.495 e. The van der Waals surface area contributed by atoms with Crippen molar-refractivity contribution in [3.63, 3.8) is 0 Å². The molecule has 0 radical (unpaired) electrons. The van der Waals surface area contributed by atoms with Crippen molar-refractivity contribution in [1.29, 1.82) is 0 Å². The Kier molecular flexibility index (Phi) is 6.40. The minimum atomic E-state index is -0.620. The van der Waals surface area contributed by atoms with E-state index < -0.39 is 18.5 Å². The maximum absolute atomic E-state index is 11.8. The van der Waals surface area contributed by atoms with E-state index in [1.165, 1.54) is 13.2 Å². The lowest BCUT2D eigenvalue weighted by Crippen LogP contribution is -2.20. The number of esters is 1. The fraction of sp³-hybridized carbons (Fsp3) is 0.111. The molecule has 0 aliphatic carbocycles. The zero-order valence-electron chi connectivity index (χ0n) is 13.0. The first-order valence-electron chi connectivity index (χ1n) is 7.12. The Morgan fingerprint density at radius 1 is 1.17 bits per heavy atom. The van der Waals surface area contributed by atoms with Gasteiger partial charge in [0.05, 0.1) is 12.8 Å². The Morgan fingerprint density at radius 2 is 1.96 bits per heavy atom. The zero-order valence-corrected chi connectivity index (χ0v) is 13.7. The monoisotopic (exact) mass is 345 g/mol. The van der Waals surface area contributed by atoms with E-state index in [0.29, 0.717) is 16.5 Å². The molecule has 5 nitrogen and oxygen atoms in total. The van der Waals surface area contributed by atoms with Crippen molar-refractivity contribution in [3.05, 3.63) is 65.2 Å². The molecule has 0 saturated carbocycles. The number of carbonyl (C=O) groups is 2. The molecule has 0 heterocycles. The van der Waals surface area contributed by atoms with Gasteiger partial charge in [0.1, 0.15) is 5.75 Å². The standard InChI is InChI=1S/C18H16ClNO4/c1-23-16-8-3-2-7-15(16)20-17(21)12-24-18(22)10-9-13-5-4-6-14(19)11-13/h2-11H,12H2,1H3,(H,20,21)/b10-9+. The summed E-state index contributed by atoms with van der Waals surface area (Å²) in [5.74, 6) is -0.549. The van der Waals surface area contributed by atoms with E-state index in [2.05, 4.69) is 5.32 Å². The molecular weight excluding hydrogens is 330 g/mol. The van der Waals surface area contributed by atoms with Crippen LogP contribution < -0.4 is 10.1 Å². The second-order valence-electron chi connectivity index (χ2n) is 4.74. The van der Waals surface area contributed by atoms with Gasteiger partial charge in [-0.25, -0.2) is 4.79 Å². The van der Waals surface area contributed by atoms with E-state index in [0.717, 1.165) is 5.56 Å². The minimum absolute atomic E-state index is 0.392. The van der Waals surface area contributed by atoms with Gasteiger partial charge in [-0.3, -0.25) is 4.79 Å². The van der Waals surface area contributed by atoms with Gasteiger partial charge in [-0.2, -0.15) is 0 Å². The molecule has 0 spiro atoms. The van der Waals surface area contributed by atoms with Crippen LogP contribution in [-0.4, -0.2) is 25.6 Å². The fourth-order valence-electron chi connectivity index (χ4n) is 1.89. The van der Waals surface area contributed by atoms with E-state index in [4.69, 9.17) is 21.1 Å². The molecule has 0 saturated heterocycles. The highest BCUT2D eigenvalue weighted by molar-refractivity contribution is 6.30. The Bertz CT molecular complexity index is 758. The van der Waals surface area contributed by atoms with E-state index in [9.17, 15) is 9.59 Å². The van der Waals surface area contributed by atoms with Gasteiger partial charge in [-0.15, -0.1) is 0 Å². The van der Waals surface area contributed by atoms with Gasteiger partial charge in [0.2, 0.25) is 0 Å². The second kappa shape index (κ2) is 8.74. The van der Waals surface area contributed by atoms with Gasteiger partial charge in [0.25, 0.3) is 5.91 Å². The van der Waals surface area contributed by atoms with Crippen molar-refractivity contribution < 1.29 is 19.1 Å². The maximum Gasteiger partial charge on any atom is 0.331 e. The quantitative estimate of drug-likeness (QED) is 0.642. The number of carbonyl (C=O) groups excluding carboxylic acids is 2. The van der Waals surface area contributed by atoms with Crippen LogP contribution in [0.25, 0.3) is 6.08 Å². The lowest BCUT2D eigenvalue weighted by molar-refractivity contribution is -0.142. The Balaban J connectivity index is 1.84. The number of methoxy groups -OCH3 is 1. The number of para-hydroxylation sites is 2. The van der Waals surface area contributed by atoms with Crippen LogP contribution in [-0.2, 0) is 14.3 Å². The third-order valence-electron chi connectivity index (χ3n) is 2.99. The summed E-state index contributed by atoms with van der Waals surface area (Å²) in [4.78, 5) is 23.5. The predicted octanol–water partition coefficient (Wildman–Crippen LogP) is 3.54. The van der Waals surface area contributed by atoms with Crippen LogP contribution in [0.3, 0.4) is 0 Å². The smallest absolute Gasteiger partial charge is 0.331 e. The van der Waals surface area contributed by atoms with E-state index in [1.54, 1.807) is 54.6 Å². The van der Waals surface area contributed by atoms with Gasteiger partial charge in [0, 0.05) is 11.1 Å². The molecule has 24 heavy (non-hydrogen) atoms. The lowest BCUT2D eigenvalue weighted by Gasteiger charge is -2.09. The number of hydrogen-bond acceptors (Lipinski definition) is 4. The highest BCUT2D eigenvalue weighted by Gasteiger charge is 2.08. The molecule has 1 N–H and O–H groups in total. The number of ether oxygens (including phenoxy) is 2. The second-order valence-corrected chi connectivity index (χ2v) is 5.18. The van der Waals surface area contributed by atoms with Gasteiger partial charge in [-0.1, -0.05) is 35.9 Å². The highest BCUT2D eigenvalue weighted by atomic mass is 35.5. The van der Waals surface area contributed by atoms with Crippen LogP contribution >= 0.6 is 11.6 Å². The van der Waals surface area contributed by atoms with Crippen molar-refractivity contribution in [2.75, 3.05) is 19.0 Å². The van der Waals surface area contributed by atoms with E-state index >= 15 is 0 Å². The molecule has 0 fully saturated rings. The first-order valence-corrected chi connectivity index (χ1v) is 7.49. The summed E-state index contributed by atoms with van der Waals surface area (Å²) in [6.07, 6.45) is 2.80. The molecule has 0 aliphatic rings. The summed E-state index contributed by atoms with van der Waals surface area (Å²) in [7, 11) is 1.51. The molecule has 2 aromatic rings. The van der Waals surface area contributed by atoms with Gasteiger partial charge in [-0.05, 0) is 35.9 Å². The molecule has 124 valence electrons. The highest BCUT2D eigenvalue weighted by Crippen LogP contribution is 2.22. The number of halogens is 1. The number of nitrogens with one attached hydrogen (secondary N) is 1. The first-order chi connectivity index (χ1) is 11.6. The molecule has 6 heteroatoms. The van der Waals surface area contributed by atoms with Gasteiger partial charge in [0.15, 0.2) is 6.61 Å². The summed E-state index contributed by atoms with van der Waals surface area (Å²) in [5, 5.41) is 3.19. The van der Waals surface area contributed by atoms with E-state index in [-0.39, 0.29) is 0 Å². The van der Waals surface area contributed by atoms with Crippen molar-refractivity contribution in [2.24, 2.45) is 0 Å². The summed E-state index contributed by atoms with van der Waals surface area (Å²) >= 11 is 5.85. The molecule has 0 bridgehead atoms. The Morgan fingerprint density at radius 3 is 2.71 bits per heavy atom. The molecule has 0 atom stereocenters. The molecule has 0 aliphatic heterocycles. The van der Waals surface area contributed by atoms with E-state index in [1.807, 2.05) is 0 Å². The number of anilines is 1. The molecule has 1 amide bonds. The van der Waals surface area contributed by atoms with Crippen LogP contribution in [0.2, 0.25) is 5.02 Å².